The van der Waals surface area contributed by atoms with Gasteiger partial charge in [-0.15, -0.1) is 34.9 Å². The van der Waals surface area contributed by atoms with Gasteiger partial charge in [-0.05, 0) is 29.8 Å². The maximum absolute atomic E-state index is 6.09. The van der Waals surface area contributed by atoms with Gasteiger partial charge in [0.1, 0.15) is 17.4 Å². The standard InChI is InChI=1S/C19H15Cl2NOS3/c20-15-6-3-13(9-16(15)21)17-11-26-18(22-17)10-23-14-4-1-12(2-5-14)19-24-7-8-25-19/h1-6,9,11,19H,7-8,10H2. The van der Waals surface area contributed by atoms with Crippen LogP contribution in [0.1, 0.15) is 15.2 Å². The normalized spacial score (nSPS) is 14.7. The number of ether oxygens (including phenoxy) is 1. The maximum atomic E-state index is 6.09. The largest absolute Gasteiger partial charge is 0.486 e. The molecular weight excluding hydrogens is 425 g/mol. The van der Waals surface area contributed by atoms with E-state index >= 15 is 0 Å². The van der Waals surface area contributed by atoms with Crippen LogP contribution in [0.25, 0.3) is 11.3 Å². The summed E-state index contributed by atoms with van der Waals surface area (Å²) >= 11 is 17.7. The fraction of sp³-hybridized carbons (Fsp3) is 0.211. The molecule has 0 aliphatic carbocycles. The van der Waals surface area contributed by atoms with Crippen LogP contribution in [0, 0.1) is 0 Å². The molecule has 0 spiro atoms. The van der Waals surface area contributed by atoms with E-state index in [9.17, 15) is 0 Å². The molecule has 2 nitrogen and oxygen atoms in total. The Bertz CT molecular complexity index is 892. The van der Waals surface area contributed by atoms with Crippen molar-refractivity contribution in [1.29, 1.82) is 0 Å². The molecule has 26 heavy (non-hydrogen) atoms. The molecule has 7 heteroatoms. The fourth-order valence-electron chi connectivity index (χ4n) is 2.58. The van der Waals surface area contributed by atoms with Crippen LogP contribution in [0.3, 0.4) is 0 Å². The molecule has 0 amide bonds. The number of thiazole rings is 1. The van der Waals surface area contributed by atoms with E-state index < -0.39 is 0 Å². The molecule has 0 saturated carbocycles. The molecule has 1 aliphatic heterocycles. The number of halogens is 2. The van der Waals surface area contributed by atoms with Crippen molar-refractivity contribution in [3.8, 4) is 17.0 Å². The second kappa shape index (κ2) is 8.44. The van der Waals surface area contributed by atoms with Crippen LogP contribution in [-0.4, -0.2) is 16.5 Å². The zero-order chi connectivity index (χ0) is 17.9. The lowest BCUT2D eigenvalue weighted by Gasteiger charge is -2.09. The van der Waals surface area contributed by atoms with Crippen LogP contribution in [0.15, 0.2) is 47.8 Å². The van der Waals surface area contributed by atoms with E-state index in [4.69, 9.17) is 27.9 Å². The van der Waals surface area contributed by atoms with E-state index in [1.807, 2.05) is 53.2 Å². The third-order valence-electron chi connectivity index (χ3n) is 3.90. The van der Waals surface area contributed by atoms with Crippen molar-refractivity contribution in [3.05, 3.63) is 68.5 Å². The van der Waals surface area contributed by atoms with Gasteiger partial charge in [0.25, 0.3) is 0 Å². The van der Waals surface area contributed by atoms with Crippen LogP contribution in [-0.2, 0) is 6.61 Å². The van der Waals surface area contributed by atoms with Gasteiger partial charge in [0.05, 0.1) is 20.3 Å². The fourth-order valence-corrected chi connectivity index (χ4v) is 6.45. The Morgan fingerprint density at radius 3 is 2.50 bits per heavy atom. The first kappa shape index (κ1) is 18.5. The summed E-state index contributed by atoms with van der Waals surface area (Å²) in [5.41, 5.74) is 3.21. The maximum Gasteiger partial charge on any atom is 0.140 e. The number of benzene rings is 2. The predicted octanol–water partition coefficient (Wildman–Crippen LogP) is 7.17. The van der Waals surface area contributed by atoms with Crippen molar-refractivity contribution in [2.45, 2.75) is 11.2 Å². The molecule has 1 saturated heterocycles. The minimum Gasteiger partial charge on any atom is -0.486 e. The molecule has 3 aromatic rings. The molecular formula is C19H15Cl2NOS3. The Morgan fingerprint density at radius 2 is 1.77 bits per heavy atom. The van der Waals surface area contributed by atoms with E-state index in [0.29, 0.717) is 21.2 Å². The van der Waals surface area contributed by atoms with Crippen LogP contribution >= 0.6 is 58.1 Å². The summed E-state index contributed by atoms with van der Waals surface area (Å²) in [5, 5.41) is 4.02. The van der Waals surface area contributed by atoms with Gasteiger partial charge in [-0.25, -0.2) is 4.98 Å². The van der Waals surface area contributed by atoms with E-state index in [2.05, 4.69) is 17.1 Å². The lowest BCUT2D eigenvalue weighted by molar-refractivity contribution is 0.305. The third kappa shape index (κ3) is 4.34. The van der Waals surface area contributed by atoms with E-state index in [1.165, 1.54) is 17.1 Å². The topological polar surface area (TPSA) is 22.1 Å². The first-order valence-electron chi connectivity index (χ1n) is 8.05. The molecule has 2 aromatic carbocycles. The van der Waals surface area contributed by atoms with Gasteiger partial charge in [-0.3, -0.25) is 0 Å². The van der Waals surface area contributed by atoms with E-state index in [1.54, 1.807) is 17.4 Å². The summed E-state index contributed by atoms with van der Waals surface area (Å²) in [5.74, 6) is 3.34. The first-order valence-corrected chi connectivity index (χ1v) is 11.8. The Labute approximate surface area is 175 Å². The number of hydrogen-bond donors (Lipinski definition) is 0. The van der Waals surface area contributed by atoms with Crippen molar-refractivity contribution < 1.29 is 4.74 Å². The van der Waals surface area contributed by atoms with Crippen LogP contribution in [0.4, 0.5) is 0 Å². The minimum absolute atomic E-state index is 0.457. The second-order valence-corrected chi connectivity index (χ2v) is 10.2. The van der Waals surface area contributed by atoms with E-state index in [-0.39, 0.29) is 0 Å². The SMILES string of the molecule is Clc1ccc(-c2csc(COc3ccc(C4SCCS4)cc3)n2)cc1Cl. The van der Waals surface area contributed by atoms with Crippen LogP contribution in [0.2, 0.25) is 10.0 Å². The third-order valence-corrected chi connectivity index (χ3v) is 8.57. The molecule has 0 bridgehead atoms. The van der Waals surface area contributed by atoms with Crippen molar-refractivity contribution in [1.82, 2.24) is 4.98 Å². The number of hydrogen-bond acceptors (Lipinski definition) is 5. The van der Waals surface area contributed by atoms with Gasteiger partial charge in [-0.2, -0.15) is 0 Å². The van der Waals surface area contributed by atoms with Crippen molar-refractivity contribution in [2.75, 3.05) is 11.5 Å². The molecule has 4 rings (SSSR count). The lowest BCUT2D eigenvalue weighted by Crippen LogP contribution is -1.95. The average Bonchev–Trinajstić information content (AvgIpc) is 3.35. The molecule has 1 fully saturated rings. The number of thioether (sulfide) groups is 2. The van der Waals surface area contributed by atoms with Crippen LogP contribution in [0.5, 0.6) is 5.75 Å². The summed E-state index contributed by atoms with van der Waals surface area (Å²) in [6.07, 6.45) is 0. The zero-order valence-corrected chi connectivity index (χ0v) is 17.6. The Balaban J connectivity index is 1.39. The molecule has 0 N–H and O–H groups in total. The predicted molar refractivity (Wildman–Crippen MR) is 116 cm³/mol. The highest BCUT2D eigenvalue weighted by Crippen LogP contribution is 2.45. The highest BCUT2D eigenvalue weighted by Gasteiger charge is 2.18. The minimum atomic E-state index is 0.457. The monoisotopic (exact) mass is 439 g/mol. The first-order chi connectivity index (χ1) is 12.7. The highest BCUT2D eigenvalue weighted by molar-refractivity contribution is 8.19. The molecule has 1 aliphatic rings. The summed E-state index contributed by atoms with van der Waals surface area (Å²) in [6, 6.07) is 14.0. The van der Waals surface area contributed by atoms with Crippen LogP contribution < -0.4 is 4.74 Å². The highest BCUT2D eigenvalue weighted by atomic mass is 35.5. The van der Waals surface area contributed by atoms with Gasteiger partial charge >= 0.3 is 0 Å². The second-order valence-electron chi connectivity index (χ2n) is 5.69. The van der Waals surface area contributed by atoms with E-state index in [0.717, 1.165) is 22.0 Å². The van der Waals surface area contributed by atoms with Gasteiger partial charge in [0.2, 0.25) is 0 Å². The molecule has 1 aromatic heterocycles. The lowest BCUT2D eigenvalue weighted by atomic mass is 10.2. The van der Waals surface area contributed by atoms with Crippen molar-refractivity contribution >= 4 is 58.1 Å². The Hall–Kier alpha value is -0.850. The number of nitrogens with zero attached hydrogens (tertiary/aromatic N) is 1. The Morgan fingerprint density at radius 1 is 1.00 bits per heavy atom. The Kier molecular flexibility index (Phi) is 6.01. The van der Waals surface area contributed by atoms with Crippen molar-refractivity contribution in [2.24, 2.45) is 0 Å². The smallest absolute Gasteiger partial charge is 0.140 e. The summed E-state index contributed by atoms with van der Waals surface area (Å²) < 4.78 is 6.46. The number of rotatable bonds is 5. The number of aromatic nitrogens is 1. The quantitative estimate of drug-likeness (QED) is 0.419. The summed E-state index contributed by atoms with van der Waals surface area (Å²) in [7, 11) is 0. The average molecular weight is 440 g/mol. The molecule has 0 radical (unpaired) electrons. The molecule has 134 valence electrons. The molecule has 0 unspecified atom stereocenters. The summed E-state index contributed by atoms with van der Waals surface area (Å²) in [6.45, 7) is 0.457. The van der Waals surface area contributed by atoms with Gasteiger partial charge in [-0.1, -0.05) is 41.4 Å². The van der Waals surface area contributed by atoms with Gasteiger partial charge in [0, 0.05) is 22.4 Å². The van der Waals surface area contributed by atoms with Crippen molar-refractivity contribution in [3.63, 3.8) is 0 Å². The van der Waals surface area contributed by atoms with Gasteiger partial charge < -0.3 is 4.74 Å². The molecule has 2 heterocycles. The summed E-state index contributed by atoms with van der Waals surface area (Å²) in [4.78, 5) is 4.63. The molecule has 0 atom stereocenters. The zero-order valence-electron chi connectivity index (χ0n) is 13.7. The van der Waals surface area contributed by atoms with Gasteiger partial charge in [0.15, 0.2) is 0 Å².